The number of rotatable bonds is 3. The number of piperazine rings is 1. The molecular weight excluding hydrogens is 300 g/mol. The van der Waals surface area contributed by atoms with Crippen molar-refractivity contribution in [2.75, 3.05) is 51.2 Å². The van der Waals surface area contributed by atoms with Gasteiger partial charge in [-0.2, -0.15) is 5.10 Å². The molecule has 0 bridgehead atoms. The Morgan fingerprint density at radius 2 is 1.96 bits per heavy atom. The predicted octanol–water partition coefficient (Wildman–Crippen LogP) is 1.14. The highest BCUT2D eigenvalue weighted by atomic mass is 15.4. The van der Waals surface area contributed by atoms with Gasteiger partial charge in [0.25, 0.3) is 0 Å². The van der Waals surface area contributed by atoms with E-state index in [1.807, 2.05) is 6.08 Å². The highest BCUT2D eigenvalue weighted by Crippen LogP contribution is 2.35. The maximum atomic E-state index is 4.63. The van der Waals surface area contributed by atoms with Gasteiger partial charge in [0.1, 0.15) is 6.17 Å². The van der Waals surface area contributed by atoms with E-state index in [0.717, 1.165) is 39.3 Å². The molecule has 2 saturated heterocycles. The van der Waals surface area contributed by atoms with Crippen LogP contribution in [0.3, 0.4) is 0 Å². The zero-order chi connectivity index (χ0) is 16.4. The maximum absolute atomic E-state index is 4.63. The second-order valence-electron chi connectivity index (χ2n) is 7.00. The summed E-state index contributed by atoms with van der Waals surface area (Å²) in [6.45, 7) is 6.55. The Hall–Kier alpha value is -1.63. The highest BCUT2D eigenvalue weighted by molar-refractivity contribution is 5.56. The molecule has 1 radical (unpaired) electrons. The summed E-state index contributed by atoms with van der Waals surface area (Å²) in [5.41, 5.74) is 2.43. The predicted molar refractivity (Wildman–Crippen MR) is 95.7 cm³/mol. The standard InChI is InChI=1S/C18H27N6/c1-22-10-5-15(6-11-22)18-16(14-20-21-18)24-9-3-2-4-17(24)23-12-7-19-8-13-23/h2,4,9,14-15,17,19H,5-8,10-13H2,1H3,(H,20,21). The Morgan fingerprint density at radius 3 is 2.75 bits per heavy atom. The van der Waals surface area contributed by atoms with Crippen LogP contribution >= 0.6 is 0 Å². The van der Waals surface area contributed by atoms with Crippen molar-refractivity contribution in [3.63, 3.8) is 0 Å². The van der Waals surface area contributed by atoms with Crippen LogP contribution in [0.4, 0.5) is 5.69 Å². The van der Waals surface area contributed by atoms with E-state index in [2.05, 4.69) is 61.8 Å². The van der Waals surface area contributed by atoms with Crippen LogP contribution in [0.5, 0.6) is 0 Å². The van der Waals surface area contributed by atoms with Gasteiger partial charge < -0.3 is 15.1 Å². The van der Waals surface area contributed by atoms with Crippen LogP contribution in [-0.2, 0) is 0 Å². The van der Waals surface area contributed by atoms with E-state index >= 15 is 0 Å². The van der Waals surface area contributed by atoms with Gasteiger partial charge in [-0.25, -0.2) is 0 Å². The molecule has 1 aromatic rings. The highest BCUT2D eigenvalue weighted by Gasteiger charge is 2.30. The second-order valence-corrected chi connectivity index (χ2v) is 7.00. The molecule has 2 fully saturated rings. The van der Waals surface area contributed by atoms with E-state index < -0.39 is 0 Å². The third-order valence-electron chi connectivity index (χ3n) is 5.42. The van der Waals surface area contributed by atoms with E-state index in [1.54, 1.807) is 0 Å². The Balaban J connectivity index is 1.57. The fourth-order valence-corrected chi connectivity index (χ4v) is 3.97. The van der Waals surface area contributed by atoms with Gasteiger partial charge in [-0.3, -0.25) is 10.00 Å². The average molecular weight is 327 g/mol. The van der Waals surface area contributed by atoms with Crippen LogP contribution in [0.25, 0.3) is 0 Å². The topological polar surface area (TPSA) is 50.4 Å². The van der Waals surface area contributed by atoms with Crippen LogP contribution in [0.15, 0.2) is 24.5 Å². The van der Waals surface area contributed by atoms with Crippen molar-refractivity contribution in [3.05, 3.63) is 36.3 Å². The van der Waals surface area contributed by atoms with Gasteiger partial charge in [0.05, 0.1) is 11.4 Å². The number of nitrogens with zero attached hydrogens (tertiary/aromatic N) is 4. The fraction of sp³-hybridized carbons (Fsp3) is 0.611. The molecule has 3 aliphatic heterocycles. The quantitative estimate of drug-likeness (QED) is 0.872. The van der Waals surface area contributed by atoms with E-state index in [4.69, 9.17) is 0 Å². The summed E-state index contributed by atoms with van der Waals surface area (Å²) in [5.74, 6) is 0.547. The minimum Gasteiger partial charge on any atom is -0.325 e. The first-order valence-electron chi connectivity index (χ1n) is 9.04. The molecule has 24 heavy (non-hydrogen) atoms. The monoisotopic (exact) mass is 327 g/mol. The number of nitrogens with one attached hydrogen (secondary N) is 2. The van der Waals surface area contributed by atoms with Crippen LogP contribution < -0.4 is 10.2 Å². The Morgan fingerprint density at radius 1 is 1.17 bits per heavy atom. The third-order valence-corrected chi connectivity index (χ3v) is 5.42. The van der Waals surface area contributed by atoms with Gasteiger partial charge >= 0.3 is 0 Å². The number of aromatic nitrogens is 2. The molecule has 0 aliphatic carbocycles. The number of allylic oxidation sites excluding steroid dienone is 2. The minimum absolute atomic E-state index is 0.260. The van der Waals surface area contributed by atoms with E-state index in [0.29, 0.717) is 5.92 Å². The zero-order valence-electron chi connectivity index (χ0n) is 14.4. The second kappa shape index (κ2) is 7.09. The van der Waals surface area contributed by atoms with Gasteiger partial charge in [0, 0.05) is 44.5 Å². The van der Waals surface area contributed by atoms with Crippen LogP contribution in [-0.4, -0.2) is 72.5 Å². The molecular formula is C18H27N6. The molecule has 0 saturated carbocycles. The van der Waals surface area contributed by atoms with Crippen molar-refractivity contribution < 1.29 is 0 Å². The third kappa shape index (κ3) is 3.14. The first kappa shape index (κ1) is 15.9. The number of hydrogen-bond donors (Lipinski definition) is 2. The largest absolute Gasteiger partial charge is 0.325 e. The first-order chi connectivity index (χ1) is 11.8. The molecule has 6 heteroatoms. The van der Waals surface area contributed by atoms with E-state index in [9.17, 15) is 0 Å². The number of likely N-dealkylation sites (tertiary alicyclic amines) is 1. The van der Waals surface area contributed by atoms with Crippen molar-refractivity contribution in [1.82, 2.24) is 25.3 Å². The molecule has 6 nitrogen and oxygen atoms in total. The van der Waals surface area contributed by atoms with Gasteiger partial charge in [-0.1, -0.05) is 6.08 Å². The summed E-state index contributed by atoms with van der Waals surface area (Å²) in [5, 5.41) is 11.2. The molecule has 2 N–H and O–H groups in total. The molecule has 0 amide bonds. The van der Waals surface area contributed by atoms with Crippen LogP contribution in [0.1, 0.15) is 24.5 Å². The molecule has 0 aromatic carbocycles. The summed E-state index contributed by atoms with van der Waals surface area (Å²) in [7, 11) is 2.20. The van der Waals surface area contributed by atoms with Crippen molar-refractivity contribution in [1.29, 1.82) is 0 Å². The molecule has 4 heterocycles. The van der Waals surface area contributed by atoms with Crippen molar-refractivity contribution >= 4 is 5.69 Å². The van der Waals surface area contributed by atoms with Crippen LogP contribution in [0.2, 0.25) is 0 Å². The fourth-order valence-electron chi connectivity index (χ4n) is 3.97. The smallest absolute Gasteiger partial charge is 0.106 e. The molecule has 4 rings (SSSR count). The lowest BCUT2D eigenvalue weighted by Crippen LogP contribution is -2.53. The maximum Gasteiger partial charge on any atom is 0.106 e. The van der Waals surface area contributed by atoms with Gasteiger partial charge in [-0.05, 0) is 45.1 Å². The van der Waals surface area contributed by atoms with Gasteiger partial charge in [0.2, 0.25) is 0 Å². The Kier molecular flexibility index (Phi) is 4.69. The summed E-state index contributed by atoms with van der Waals surface area (Å²) >= 11 is 0. The van der Waals surface area contributed by atoms with Gasteiger partial charge in [0.15, 0.2) is 0 Å². The summed E-state index contributed by atoms with van der Waals surface area (Å²) in [6.07, 6.45) is 14.3. The molecule has 3 aliphatic rings. The number of H-pyrrole nitrogens is 1. The van der Waals surface area contributed by atoms with E-state index in [1.165, 1.54) is 24.2 Å². The Bertz CT molecular complexity index is 592. The summed E-state index contributed by atoms with van der Waals surface area (Å²) < 4.78 is 0. The molecule has 0 spiro atoms. The van der Waals surface area contributed by atoms with Crippen molar-refractivity contribution in [2.45, 2.75) is 24.9 Å². The van der Waals surface area contributed by atoms with E-state index in [-0.39, 0.29) is 6.17 Å². The Labute approximate surface area is 144 Å². The first-order valence-corrected chi connectivity index (χ1v) is 9.04. The number of anilines is 1. The molecule has 1 aromatic heterocycles. The minimum atomic E-state index is 0.260. The lowest BCUT2D eigenvalue weighted by Gasteiger charge is -2.41. The van der Waals surface area contributed by atoms with Gasteiger partial charge in [-0.15, -0.1) is 0 Å². The van der Waals surface area contributed by atoms with Crippen molar-refractivity contribution in [2.24, 2.45) is 0 Å². The summed E-state index contributed by atoms with van der Waals surface area (Å²) in [6, 6.07) is 0. The molecule has 1 atom stereocenters. The normalized spacial score (nSPS) is 27.0. The number of piperidine rings is 1. The SMILES string of the molecule is CN1CCC(c2n[nH]cc2N2C=[C]C=CC2N2CCNCC2)CC1. The number of aromatic amines is 1. The lowest BCUT2D eigenvalue weighted by molar-refractivity contribution is 0.202. The number of hydrogen-bond acceptors (Lipinski definition) is 5. The lowest BCUT2D eigenvalue weighted by atomic mass is 9.92. The average Bonchev–Trinajstić information content (AvgIpc) is 3.13. The van der Waals surface area contributed by atoms with Crippen LogP contribution in [0, 0.1) is 6.08 Å². The van der Waals surface area contributed by atoms with Crippen molar-refractivity contribution in [3.8, 4) is 0 Å². The molecule has 129 valence electrons. The summed E-state index contributed by atoms with van der Waals surface area (Å²) in [4.78, 5) is 7.27. The molecule has 1 unspecified atom stereocenters. The zero-order valence-corrected chi connectivity index (χ0v) is 14.4.